The van der Waals surface area contributed by atoms with E-state index in [0.29, 0.717) is 18.8 Å². The molecule has 6 heteroatoms. The second-order valence-electron chi connectivity index (χ2n) is 9.62. The minimum atomic E-state index is -1.18. The molecule has 0 saturated carbocycles. The Hall–Kier alpha value is -3.01. The van der Waals surface area contributed by atoms with Gasteiger partial charge in [-0.15, -0.1) is 0 Å². The molecule has 1 aromatic carbocycles. The van der Waals surface area contributed by atoms with Crippen molar-refractivity contribution in [3.63, 3.8) is 0 Å². The summed E-state index contributed by atoms with van der Waals surface area (Å²) in [5.74, 6) is 0.433. The van der Waals surface area contributed by atoms with Gasteiger partial charge in [0, 0.05) is 60.6 Å². The highest BCUT2D eigenvalue weighted by atomic mass is 16.3. The maximum Gasteiger partial charge on any atom is 0.124 e. The number of H-pyrrole nitrogens is 1. The Balaban J connectivity index is 1.76. The fraction of sp³-hybridized carbons (Fsp3) is 0.423. The first-order valence-electron chi connectivity index (χ1n) is 11.2. The van der Waals surface area contributed by atoms with Crippen molar-refractivity contribution in [2.45, 2.75) is 45.1 Å². The Morgan fingerprint density at radius 3 is 2.53 bits per heavy atom. The number of pyridine rings is 1. The van der Waals surface area contributed by atoms with Crippen LogP contribution in [0.25, 0.3) is 11.3 Å². The molecule has 3 aromatic rings. The van der Waals surface area contributed by atoms with Crippen LogP contribution in [0.4, 0.5) is 0 Å². The molecule has 1 atom stereocenters. The Bertz CT molecular complexity index is 1120. The van der Waals surface area contributed by atoms with Crippen LogP contribution in [0.5, 0.6) is 0 Å². The third-order valence-corrected chi connectivity index (χ3v) is 6.70. The van der Waals surface area contributed by atoms with Crippen LogP contribution < -0.4 is 0 Å². The molecule has 0 unspecified atom stereocenters. The number of aromatic nitrogens is 3. The molecule has 0 radical (unpaired) electrons. The molecular weight excluding hydrogens is 398 g/mol. The summed E-state index contributed by atoms with van der Waals surface area (Å²) in [6, 6.07) is 14.4. The van der Waals surface area contributed by atoms with Crippen molar-refractivity contribution in [3.05, 3.63) is 71.2 Å². The summed E-state index contributed by atoms with van der Waals surface area (Å²) >= 11 is 0. The largest absolute Gasteiger partial charge is 0.380 e. The topological polar surface area (TPSA) is 88.8 Å². The van der Waals surface area contributed by atoms with Crippen molar-refractivity contribution >= 4 is 0 Å². The first kappa shape index (κ1) is 22.2. The number of likely N-dealkylation sites (tertiary alicyclic amines) is 1. The lowest BCUT2D eigenvalue weighted by Gasteiger charge is -2.55. The minimum Gasteiger partial charge on any atom is -0.380 e. The Morgan fingerprint density at radius 1 is 1.19 bits per heavy atom. The molecule has 1 saturated heterocycles. The molecule has 3 heterocycles. The van der Waals surface area contributed by atoms with Gasteiger partial charge >= 0.3 is 0 Å². The van der Waals surface area contributed by atoms with Crippen LogP contribution in [0.1, 0.15) is 55.5 Å². The first-order valence-corrected chi connectivity index (χ1v) is 11.2. The molecule has 0 aliphatic carbocycles. The van der Waals surface area contributed by atoms with Gasteiger partial charge in [-0.1, -0.05) is 45.0 Å². The van der Waals surface area contributed by atoms with E-state index in [1.54, 1.807) is 12.4 Å². The van der Waals surface area contributed by atoms with Crippen LogP contribution >= 0.6 is 0 Å². The molecule has 32 heavy (non-hydrogen) atoms. The van der Waals surface area contributed by atoms with Crippen LogP contribution in [-0.2, 0) is 12.0 Å². The number of rotatable bonds is 7. The Morgan fingerprint density at radius 2 is 1.91 bits per heavy atom. The van der Waals surface area contributed by atoms with E-state index in [4.69, 9.17) is 5.26 Å². The van der Waals surface area contributed by atoms with Gasteiger partial charge in [0.25, 0.3) is 0 Å². The molecule has 166 valence electrons. The number of aromatic amines is 1. The lowest BCUT2D eigenvalue weighted by Crippen LogP contribution is -2.63. The van der Waals surface area contributed by atoms with Crippen LogP contribution in [-0.4, -0.2) is 45.3 Å². The fourth-order valence-electron chi connectivity index (χ4n) is 4.95. The van der Waals surface area contributed by atoms with E-state index in [9.17, 15) is 5.11 Å². The maximum absolute atomic E-state index is 12.3. The number of hydrogen-bond donors (Lipinski definition) is 2. The number of nitrogens with one attached hydrogen (secondary N) is 1. The number of aryl methyl sites for hydroxylation is 1. The van der Waals surface area contributed by atoms with Gasteiger partial charge in [0.05, 0.1) is 11.8 Å². The highest BCUT2D eigenvalue weighted by Crippen LogP contribution is 2.50. The SMILES string of the molecule is CC(C)c1ccc([C@](O)(c2cncc(-c3cc(CCC#N)[nH]n3)c2)C2(C)CN(C)C2)cc1. The van der Waals surface area contributed by atoms with Gasteiger partial charge in [-0.3, -0.25) is 10.1 Å². The lowest BCUT2D eigenvalue weighted by molar-refractivity contribution is -0.127. The molecule has 0 amide bonds. The van der Waals surface area contributed by atoms with Crippen molar-refractivity contribution in [1.82, 2.24) is 20.1 Å². The third kappa shape index (κ3) is 3.83. The van der Waals surface area contributed by atoms with E-state index in [2.05, 4.69) is 78.2 Å². The third-order valence-electron chi connectivity index (χ3n) is 6.70. The molecule has 0 bridgehead atoms. The molecule has 2 N–H and O–H groups in total. The minimum absolute atomic E-state index is 0.342. The second kappa shape index (κ2) is 8.50. The quantitative estimate of drug-likeness (QED) is 0.586. The maximum atomic E-state index is 12.3. The Labute approximate surface area is 189 Å². The van der Waals surface area contributed by atoms with Crippen molar-refractivity contribution < 1.29 is 5.11 Å². The normalized spacial score (nSPS) is 17.5. The van der Waals surface area contributed by atoms with Crippen LogP contribution in [0.2, 0.25) is 0 Å². The monoisotopic (exact) mass is 429 g/mol. The highest BCUT2D eigenvalue weighted by Gasteiger charge is 2.55. The van der Waals surface area contributed by atoms with E-state index in [-0.39, 0.29) is 5.41 Å². The number of hydrogen-bond acceptors (Lipinski definition) is 5. The van der Waals surface area contributed by atoms with Gasteiger partial charge in [0.1, 0.15) is 5.60 Å². The van der Waals surface area contributed by atoms with Gasteiger partial charge in [-0.2, -0.15) is 10.4 Å². The van der Waals surface area contributed by atoms with Crippen LogP contribution in [0.15, 0.2) is 48.8 Å². The highest BCUT2D eigenvalue weighted by molar-refractivity contribution is 5.60. The zero-order valence-corrected chi connectivity index (χ0v) is 19.3. The molecule has 2 aromatic heterocycles. The molecule has 0 spiro atoms. The zero-order valence-electron chi connectivity index (χ0n) is 19.3. The van der Waals surface area contributed by atoms with E-state index >= 15 is 0 Å². The first-order chi connectivity index (χ1) is 15.3. The van der Waals surface area contributed by atoms with Crippen molar-refractivity contribution in [1.29, 1.82) is 5.26 Å². The second-order valence-corrected chi connectivity index (χ2v) is 9.62. The molecule has 6 nitrogen and oxygen atoms in total. The molecular formula is C26H31N5O. The number of benzene rings is 1. The predicted molar refractivity (Wildman–Crippen MR) is 125 cm³/mol. The van der Waals surface area contributed by atoms with Crippen molar-refractivity contribution in [3.8, 4) is 17.3 Å². The smallest absolute Gasteiger partial charge is 0.124 e. The molecule has 1 aliphatic rings. The summed E-state index contributed by atoms with van der Waals surface area (Å²) in [5, 5.41) is 28.6. The van der Waals surface area contributed by atoms with Crippen molar-refractivity contribution in [2.75, 3.05) is 20.1 Å². The summed E-state index contributed by atoms with van der Waals surface area (Å²) in [6.45, 7) is 8.07. The summed E-state index contributed by atoms with van der Waals surface area (Å²) < 4.78 is 0. The zero-order chi connectivity index (χ0) is 22.9. The van der Waals surface area contributed by atoms with Gasteiger partial charge in [0.2, 0.25) is 0 Å². The number of nitrogens with zero attached hydrogens (tertiary/aromatic N) is 4. The fourth-order valence-corrected chi connectivity index (χ4v) is 4.95. The van der Waals surface area contributed by atoms with Crippen LogP contribution in [0, 0.1) is 16.7 Å². The van der Waals surface area contributed by atoms with Gasteiger partial charge in [-0.25, -0.2) is 0 Å². The van der Waals surface area contributed by atoms with Crippen molar-refractivity contribution in [2.24, 2.45) is 5.41 Å². The summed E-state index contributed by atoms with van der Waals surface area (Å²) in [4.78, 5) is 6.70. The van der Waals surface area contributed by atoms with Gasteiger partial charge < -0.3 is 10.0 Å². The molecule has 4 rings (SSSR count). The van der Waals surface area contributed by atoms with Gasteiger partial charge in [0.15, 0.2) is 0 Å². The number of aliphatic hydroxyl groups is 1. The average Bonchev–Trinajstić information content (AvgIpc) is 3.25. The summed E-state index contributed by atoms with van der Waals surface area (Å²) in [5.41, 5.74) is 3.90. The van der Waals surface area contributed by atoms with Crippen LogP contribution in [0.3, 0.4) is 0 Å². The van der Waals surface area contributed by atoms with E-state index < -0.39 is 5.60 Å². The van der Waals surface area contributed by atoms with Gasteiger partial charge in [-0.05, 0) is 36.2 Å². The average molecular weight is 430 g/mol. The van der Waals surface area contributed by atoms with E-state index in [0.717, 1.165) is 41.2 Å². The predicted octanol–water partition coefficient (Wildman–Crippen LogP) is 4.24. The molecule has 1 fully saturated rings. The van der Waals surface area contributed by atoms with E-state index in [1.807, 2.05) is 12.1 Å². The Kier molecular flexibility index (Phi) is 5.89. The number of nitriles is 1. The summed E-state index contributed by atoms with van der Waals surface area (Å²) in [7, 11) is 2.07. The molecule has 1 aliphatic heterocycles. The van der Waals surface area contributed by atoms with E-state index in [1.165, 1.54) is 5.56 Å². The lowest BCUT2D eigenvalue weighted by atomic mass is 9.62. The summed E-state index contributed by atoms with van der Waals surface area (Å²) in [6.07, 6.45) is 4.61. The standard InChI is InChI=1S/C26H31N5O/c1-18(2)19-7-9-21(10-8-19)26(32,25(3)16-31(4)17-25)22-12-20(14-28-15-22)24-13-23(29-30-24)6-5-11-27/h7-10,12-15,18,32H,5-6,16-17H2,1-4H3,(H,29,30)/t26-/m0/s1.